The molecule has 0 radical (unpaired) electrons. The van der Waals surface area contributed by atoms with E-state index in [9.17, 15) is 4.79 Å². The van der Waals surface area contributed by atoms with Crippen LogP contribution in [-0.4, -0.2) is 29.8 Å². The van der Waals surface area contributed by atoms with E-state index in [4.69, 9.17) is 10.5 Å². The number of nitrogens with two attached hydrogens (primary N) is 1. The third-order valence-electron chi connectivity index (χ3n) is 5.25. The minimum Gasteiger partial charge on any atom is -0.497 e. The molecule has 0 fully saturated rings. The van der Waals surface area contributed by atoms with Gasteiger partial charge >= 0.3 is 0 Å². The van der Waals surface area contributed by atoms with Crippen LogP contribution in [0.5, 0.6) is 5.75 Å². The number of benzene rings is 3. The van der Waals surface area contributed by atoms with Gasteiger partial charge < -0.3 is 15.8 Å². The molecule has 1 atom stereocenters. The van der Waals surface area contributed by atoms with Crippen LogP contribution >= 0.6 is 0 Å². The number of amides is 1. The molecule has 0 bridgehead atoms. The first kappa shape index (κ1) is 19.7. The second-order valence-electron chi connectivity index (χ2n) is 7.19. The van der Waals surface area contributed by atoms with E-state index in [0.29, 0.717) is 5.56 Å². The molecule has 0 unspecified atom stereocenters. The van der Waals surface area contributed by atoms with Crippen molar-refractivity contribution in [3.05, 3.63) is 83.6 Å². The van der Waals surface area contributed by atoms with Crippen molar-refractivity contribution in [2.45, 2.75) is 13.0 Å². The maximum absolute atomic E-state index is 12.9. The van der Waals surface area contributed by atoms with Gasteiger partial charge in [-0.2, -0.15) is 5.10 Å². The number of hydrogen-bond acceptors (Lipinski definition) is 4. The van der Waals surface area contributed by atoms with E-state index in [1.165, 1.54) is 0 Å². The number of H-pyrrole nitrogens is 1. The van der Waals surface area contributed by atoms with Gasteiger partial charge in [0.1, 0.15) is 5.75 Å². The summed E-state index contributed by atoms with van der Waals surface area (Å²) in [5.41, 5.74) is 11.4. The molecule has 6 nitrogen and oxygen atoms in total. The quantitative estimate of drug-likeness (QED) is 0.456. The molecule has 0 aliphatic heterocycles. The Morgan fingerprint density at radius 3 is 2.70 bits per heavy atom. The van der Waals surface area contributed by atoms with E-state index in [0.717, 1.165) is 39.0 Å². The standard InChI is InChI=1S/C24H24N4O2/c1-15-21-13-17(9-10-22(21)28-27-15)16-5-3-7-19(11-16)24(29)26-23(14-25)18-6-4-8-20(12-18)30-2/h3-13,23H,14,25H2,1-2H3,(H,26,29)(H,27,28)/t23-/m1/s1. The van der Waals surface area contributed by atoms with E-state index in [1.807, 2.05) is 61.5 Å². The zero-order valence-corrected chi connectivity index (χ0v) is 17.0. The highest BCUT2D eigenvalue weighted by Gasteiger charge is 2.16. The highest BCUT2D eigenvalue weighted by molar-refractivity contribution is 5.96. The van der Waals surface area contributed by atoms with Crippen LogP contribution in [0.4, 0.5) is 0 Å². The molecule has 0 spiro atoms. The van der Waals surface area contributed by atoms with E-state index >= 15 is 0 Å². The van der Waals surface area contributed by atoms with Crippen molar-refractivity contribution >= 4 is 16.8 Å². The molecule has 30 heavy (non-hydrogen) atoms. The largest absolute Gasteiger partial charge is 0.497 e. The van der Waals surface area contributed by atoms with Crippen molar-refractivity contribution in [2.75, 3.05) is 13.7 Å². The molecule has 4 N–H and O–H groups in total. The molecule has 1 amide bonds. The lowest BCUT2D eigenvalue weighted by molar-refractivity contribution is 0.0938. The normalized spacial score (nSPS) is 12.0. The number of fused-ring (bicyclic) bond motifs is 1. The SMILES string of the molecule is COc1cccc([C@@H](CN)NC(=O)c2cccc(-c3ccc4[nH]nc(C)c4c3)c2)c1. The average molecular weight is 400 g/mol. The fraction of sp³-hybridized carbons (Fsp3) is 0.167. The van der Waals surface area contributed by atoms with Crippen molar-refractivity contribution in [2.24, 2.45) is 5.73 Å². The Labute approximate surface area is 175 Å². The molecular weight excluding hydrogens is 376 g/mol. The van der Waals surface area contributed by atoms with Crippen LogP contribution < -0.4 is 15.8 Å². The van der Waals surface area contributed by atoms with Crippen molar-refractivity contribution in [1.82, 2.24) is 15.5 Å². The second kappa shape index (κ2) is 8.39. The monoisotopic (exact) mass is 400 g/mol. The fourth-order valence-electron chi connectivity index (χ4n) is 3.54. The Hall–Kier alpha value is -3.64. The average Bonchev–Trinajstić information content (AvgIpc) is 3.17. The first-order chi connectivity index (χ1) is 14.6. The Kier molecular flexibility index (Phi) is 5.50. The van der Waals surface area contributed by atoms with Crippen LogP contribution in [-0.2, 0) is 0 Å². The van der Waals surface area contributed by atoms with Crippen molar-refractivity contribution in [3.8, 4) is 16.9 Å². The number of aryl methyl sites for hydroxylation is 1. The number of nitrogens with one attached hydrogen (secondary N) is 2. The predicted molar refractivity (Wildman–Crippen MR) is 119 cm³/mol. The number of aromatic nitrogens is 2. The highest BCUT2D eigenvalue weighted by atomic mass is 16.5. The first-order valence-corrected chi connectivity index (χ1v) is 9.79. The van der Waals surface area contributed by atoms with E-state index in [1.54, 1.807) is 13.2 Å². The third kappa shape index (κ3) is 3.90. The van der Waals surface area contributed by atoms with Crippen LogP contribution in [0.2, 0.25) is 0 Å². The summed E-state index contributed by atoms with van der Waals surface area (Å²) in [4.78, 5) is 12.9. The number of methoxy groups -OCH3 is 1. The molecular formula is C24H24N4O2. The lowest BCUT2D eigenvalue weighted by Gasteiger charge is -2.18. The molecule has 4 rings (SSSR count). The van der Waals surface area contributed by atoms with Crippen LogP contribution in [0.1, 0.15) is 27.7 Å². The molecule has 1 heterocycles. The smallest absolute Gasteiger partial charge is 0.251 e. The van der Waals surface area contributed by atoms with Gasteiger partial charge in [0.25, 0.3) is 5.91 Å². The Bertz CT molecular complexity index is 1200. The number of nitrogens with zero attached hydrogens (tertiary/aromatic N) is 1. The third-order valence-corrected chi connectivity index (χ3v) is 5.25. The lowest BCUT2D eigenvalue weighted by atomic mass is 10.0. The van der Waals surface area contributed by atoms with Crippen LogP contribution in [0.25, 0.3) is 22.0 Å². The summed E-state index contributed by atoms with van der Waals surface area (Å²) in [6, 6.07) is 21.0. The summed E-state index contributed by atoms with van der Waals surface area (Å²) in [7, 11) is 1.61. The van der Waals surface area contributed by atoms with Crippen molar-refractivity contribution in [3.63, 3.8) is 0 Å². The Morgan fingerprint density at radius 2 is 1.90 bits per heavy atom. The van der Waals surface area contributed by atoms with Crippen molar-refractivity contribution in [1.29, 1.82) is 0 Å². The Balaban J connectivity index is 1.59. The topological polar surface area (TPSA) is 93.0 Å². The van der Waals surface area contributed by atoms with Gasteiger partial charge in [-0.25, -0.2) is 0 Å². The highest BCUT2D eigenvalue weighted by Crippen LogP contribution is 2.26. The fourth-order valence-corrected chi connectivity index (χ4v) is 3.54. The summed E-state index contributed by atoms with van der Waals surface area (Å²) >= 11 is 0. The zero-order valence-electron chi connectivity index (χ0n) is 17.0. The van der Waals surface area contributed by atoms with Gasteiger partial charge in [0.2, 0.25) is 0 Å². The van der Waals surface area contributed by atoms with Crippen molar-refractivity contribution < 1.29 is 9.53 Å². The van der Waals surface area contributed by atoms with E-state index < -0.39 is 0 Å². The van der Waals surface area contributed by atoms with Gasteiger partial charge in [-0.3, -0.25) is 9.89 Å². The predicted octanol–water partition coefficient (Wildman–Crippen LogP) is 3.98. The summed E-state index contributed by atoms with van der Waals surface area (Å²) in [5, 5.41) is 11.4. The maximum Gasteiger partial charge on any atom is 0.251 e. The summed E-state index contributed by atoms with van der Waals surface area (Å²) in [6.07, 6.45) is 0. The van der Waals surface area contributed by atoms with Gasteiger partial charge in [-0.05, 0) is 60.0 Å². The molecule has 6 heteroatoms. The lowest BCUT2D eigenvalue weighted by Crippen LogP contribution is -2.33. The maximum atomic E-state index is 12.9. The summed E-state index contributed by atoms with van der Waals surface area (Å²) in [6.45, 7) is 2.26. The molecule has 3 aromatic carbocycles. The van der Waals surface area contributed by atoms with Crippen LogP contribution in [0.3, 0.4) is 0 Å². The number of ether oxygens (including phenoxy) is 1. The van der Waals surface area contributed by atoms with E-state index in [2.05, 4.69) is 21.6 Å². The molecule has 0 aliphatic rings. The molecule has 0 aliphatic carbocycles. The number of aromatic amines is 1. The Morgan fingerprint density at radius 1 is 1.10 bits per heavy atom. The number of carbonyl (C=O) groups excluding carboxylic acids is 1. The van der Waals surface area contributed by atoms with Gasteiger partial charge in [-0.1, -0.05) is 30.3 Å². The van der Waals surface area contributed by atoms with Gasteiger partial charge in [-0.15, -0.1) is 0 Å². The van der Waals surface area contributed by atoms with E-state index in [-0.39, 0.29) is 18.5 Å². The first-order valence-electron chi connectivity index (χ1n) is 9.79. The van der Waals surface area contributed by atoms with Gasteiger partial charge in [0.05, 0.1) is 24.4 Å². The minimum atomic E-state index is -0.304. The number of rotatable bonds is 6. The van der Waals surface area contributed by atoms with Crippen LogP contribution in [0, 0.1) is 6.92 Å². The van der Waals surface area contributed by atoms with Crippen LogP contribution in [0.15, 0.2) is 66.7 Å². The molecule has 0 saturated carbocycles. The minimum absolute atomic E-state index is 0.171. The number of carbonyl (C=O) groups is 1. The van der Waals surface area contributed by atoms with Gasteiger partial charge in [0.15, 0.2) is 0 Å². The number of hydrogen-bond donors (Lipinski definition) is 3. The zero-order chi connectivity index (χ0) is 21.1. The summed E-state index contributed by atoms with van der Waals surface area (Å²) < 4.78 is 5.28. The molecule has 0 saturated heterocycles. The molecule has 4 aromatic rings. The second-order valence-corrected chi connectivity index (χ2v) is 7.19. The molecule has 152 valence electrons. The van der Waals surface area contributed by atoms with Gasteiger partial charge in [0, 0.05) is 17.5 Å². The molecule has 1 aromatic heterocycles. The summed E-state index contributed by atoms with van der Waals surface area (Å²) in [5.74, 6) is 0.558.